The molecule has 1 aliphatic carbocycles. The van der Waals surface area contributed by atoms with Crippen LogP contribution in [0.2, 0.25) is 0 Å². The van der Waals surface area contributed by atoms with Gasteiger partial charge in [-0.1, -0.05) is 0 Å². The Bertz CT molecular complexity index is 1400. The maximum atomic E-state index is 14.5. The molecule has 7 rings (SSSR count). The lowest BCUT2D eigenvalue weighted by molar-refractivity contribution is 0.185. The van der Waals surface area contributed by atoms with Crippen molar-refractivity contribution in [3.05, 3.63) is 76.5 Å². The van der Waals surface area contributed by atoms with Crippen LogP contribution in [0.25, 0.3) is 0 Å². The first-order chi connectivity index (χ1) is 17.5. The largest absolute Gasteiger partial charge is 0.355 e. The Balaban J connectivity index is 1.10. The number of fused-ring (bicyclic) bond motifs is 3. The van der Waals surface area contributed by atoms with Crippen molar-refractivity contribution < 1.29 is 8.78 Å². The van der Waals surface area contributed by atoms with Gasteiger partial charge in [-0.3, -0.25) is 9.98 Å². The molecule has 0 unspecified atom stereocenters. The SMILES string of the molecule is N[C@H]1c2c(F)ccc(F)c2CC12CCN(c1cnc3c(n1)CN=C3N1CCCc3ncccc31)CC2. The van der Waals surface area contributed by atoms with Gasteiger partial charge in [0, 0.05) is 37.4 Å². The van der Waals surface area contributed by atoms with Crippen LogP contribution in [0.15, 0.2) is 41.7 Å². The number of aliphatic imine (C=N–C) groups is 1. The summed E-state index contributed by atoms with van der Waals surface area (Å²) >= 11 is 0. The number of nitrogens with two attached hydrogens (primary N) is 1. The summed E-state index contributed by atoms with van der Waals surface area (Å²) in [5, 5.41) is 0. The van der Waals surface area contributed by atoms with Gasteiger partial charge in [-0.15, -0.1) is 0 Å². The van der Waals surface area contributed by atoms with Gasteiger partial charge in [0.05, 0.1) is 29.8 Å². The summed E-state index contributed by atoms with van der Waals surface area (Å²) in [5.74, 6) is 0.940. The average Bonchev–Trinajstić information content (AvgIpc) is 3.46. The van der Waals surface area contributed by atoms with Crippen molar-refractivity contribution in [1.29, 1.82) is 0 Å². The van der Waals surface area contributed by atoms with Crippen LogP contribution in [0, 0.1) is 17.0 Å². The molecule has 0 bridgehead atoms. The quantitative estimate of drug-likeness (QED) is 0.564. The van der Waals surface area contributed by atoms with Crippen molar-refractivity contribution >= 4 is 17.3 Å². The Hall–Kier alpha value is -3.46. The van der Waals surface area contributed by atoms with E-state index in [0.29, 0.717) is 24.1 Å². The lowest BCUT2D eigenvalue weighted by Gasteiger charge is -2.42. The van der Waals surface area contributed by atoms with Crippen LogP contribution in [-0.2, 0) is 19.4 Å². The van der Waals surface area contributed by atoms with Gasteiger partial charge in [-0.05, 0) is 67.3 Å². The topological polar surface area (TPSA) is 83.5 Å². The van der Waals surface area contributed by atoms with Crippen LogP contribution < -0.4 is 15.5 Å². The Kier molecular flexibility index (Phi) is 4.86. The van der Waals surface area contributed by atoms with Gasteiger partial charge in [0.1, 0.15) is 23.1 Å². The van der Waals surface area contributed by atoms with Crippen molar-refractivity contribution in [2.24, 2.45) is 16.1 Å². The van der Waals surface area contributed by atoms with Crippen molar-refractivity contribution in [2.75, 3.05) is 29.4 Å². The first kappa shape index (κ1) is 21.8. The van der Waals surface area contributed by atoms with Gasteiger partial charge in [0.15, 0.2) is 5.84 Å². The molecule has 9 heteroatoms. The summed E-state index contributed by atoms with van der Waals surface area (Å²) in [6, 6.07) is 5.97. The van der Waals surface area contributed by atoms with Crippen LogP contribution in [0.3, 0.4) is 0 Å². The molecular weight excluding hydrogens is 460 g/mol. The number of hydrogen-bond donors (Lipinski definition) is 1. The maximum Gasteiger partial charge on any atom is 0.156 e. The second kappa shape index (κ2) is 8.03. The number of halogens is 2. The van der Waals surface area contributed by atoms with Crippen molar-refractivity contribution in [3.8, 4) is 0 Å². The lowest BCUT2D eigenvalue weighted by Crippen LogP contribution is -2.44. The van der Waals surface area contributed by atoms with Crippen LogP contribution in [0.4, 0.5) is 20.3 Å². The average molecular weight is 488 g/mol. The molecule has 5 heterocycles. The normalized spacial score (nSPS) is 21.9. The molecule has 4 aliphatic rings. The number of amidine groups is 1. The van der Waals surface area contributed by atoms with Crippen molar-refractivity contribution in [3.63, 3.8) is 0 Å². The summed E-state index contributed by atoms with van der Waals surface area (Å²) in [4.78, 5) is 23.5. The van der Waals surface area contributed by atoms with E-state index in [4.69, 9.17) is 20.7 Å². The highest BCUT2D eigenvalue weighted by Crippen LogP contribution is 2.52. The molecular formula is C27H27F2N7. The third-order valence-electron chi connectivity index (χ3n) is 8.46. The van der Waals surface area contributed by atoms with E-state index in [1.54, 1.807) is 0 Å². The second-order valence-electron chi connectivity index (χ2n) is 10.3. The molecule has 0 radical (unpaired) electrons. The molecule has 0 amide bonds. The fourth-order valence-corrected chi connectivity index (χ4v) is 6.48. The van der Waals surface area contributed by atoms with E-state index in [0.717, 1.165) is 79.7 Å². The van der Waals surface area contributed by atoms with E-state index in [2.05, 4.69) is 20.9 Å². The first-order valence-electron chi connectivity index (χ1n) is 12.6. The molecule has 1 aromatic carbocycles. The van der Waals surface area contributed by atoms with Gasteiger partial charge in [0.25, 0.3) is 0 Å². The van der Waals surface area contributed by atoms with E-state index in [1.165, 1.54) is 12.1 Å². The van der Waals surface area contributed by atoms with Crippen molar-refractivity contribution in [2.45, 2.75) is 44.7 Å². The number of piperidine rings is 1. The number of nitrogens with zero attached hydrogens (tertiary/aromatic N) is 6. The summed E-state index contributed by atoms with van der Waals surface area (Å²) in [5.41, 5.74) is 10.9. The Morgan fingerprint density at radius 1 is 1.00 bits per heavy atom. The fraction of sp³-hybridized carbons (Fsp3) is 0.407. The van der Waals surface area contributed by atoms with E-state index in [9.17, 15) is 8.78 Å². The van der Waals surface area contributed by atoms with E-state index in [1.807, 2.05) is 18.5 Å². The highest BCUT2D eigenvalue weighted by Gasteiger charge is 2.48. The zero-order valence-electron chi connectivity index (χ0n) is 19.9. The van der Waals surface area contributed by atoms with E-state index in [-0.39, 0.29) is 11.2 Å². The number of anilines is 2. The Morgan fingerprint density at radius 3 is 2.67 bits per heavy atom. The van der Waals surface area contributed by atoms with Crippen LogP contribution in [0.5, 0.6) is 0 Å². The predicted molar refractivity (Wildman–Crippen MR) is 133 cm³/mol. The minimum absolute atomic E-state index is 0.321. The fourth-order valence-electron chi connectivity index (χ4n) is 6.48. The standard InChI is InChI=1S/C27H27F2N7/c28-17-5-6-18(29)23-16(17)13-27(25(23)30)7-11-35(12-8-27)22-15-32-24-20(34-22)14-33-26(24)36-10-2-3-19-21(36)4-1-9-31-19/h1,4-6,9,15,25H,2-3,7-8,10-14,30H2/t25-/m0/s1. The van der Waals surface area contributed by atoms with Crippen molar-refractivity contribution in [1.82, 2.24) is 15.0 Å². The number of aryl methyl sites for hydroxylation is 1. The third kappa shape index (κ3) is 3.18. The third-order valence-corrected chi connectivity index (χ3v) is 8.46. The molecule has 0 saturated carbocycles. The highest BCUT2D eigenvalue weighted by atomic mass is 19.1. The summed E-state index contributed by atoms with van der Waals surface area (Å²) < 4.78 is 28.9. The second-order valence-corrected chi connectivity index (χ2v) is 10.3. The van der Waals surface area contributed by atoms with E-state index < -0.39 is 11.9 Å². The van der Waals surface area contributed by atoms with Gasteiger partial charge < -0.3 is 15.5 Å². The molecule has 2 aromatic heterocycles. The minimum atomic E-state index is -0.491. The maximum absolute atomic E-state index is 14.5. The number of aromatic nitrogens is 3. The van der Waals surface area contributed by atoms with Crippen LogP contribution in [-0.4, -0.2) is 40.4 Å². The molecule has 184 valence electrons. The molecule has 3 aliphatic heterocycles. The van der Waals surface area contributed by atoms with Gasteiger partial charge in [-0.25, -0.2) is 18.7 Å². The van der Waals surface area contributed by atoms with E-state index >= 15 is 0 Å². The molecule has 36 heavy (non-hydrogen) atoms. The minimum Gasteiger partial charge on any atom is -0.355 e. The molecule has 1 fully saturated rings. The number of benzene rings is 1. The lowest BCUT2D eigenvalue weighted by atomic mass is 9.73. The van der Waals surface area contributed by atoms with Gasteiger partial charge in [0.2, 0.25) is 0 Å². The van der Waals surface area contributed by atoms with Crippen LogP contribution in [0.1, 0.15) is 53.5 Å². The zero-order valence-corrected chi connectivity index (χ0v) is 19.9. The summed E-state index contributed by atoms with van der Waals surface area (Å²) in [7, 11) is 0. The smallest absolute Gasteiger partial charge is 0.156 e. The molecule has 3 aromatic rings. The molecule has 1 saturated heterocycles. The molecule has 7 nitrogen and oxygen atoms in total. The zero-order chi connectivity index (χ0) is 24.4. The summed E-state index contributed by atoms with van der Waals surface area (Å²) in [6.07, 6.45) is 7.65. The Labute approximate surface area is 208 Å². The highest BCUT2D eigenvalue weighted by molar-refractivity contribution is 6.11. The molecule has 1 atom stereocenters. The molecule has 1 spiro atoms. The Morgan fingerprint density at radius 2 is 1.83 bits per heavy atom. The first-order valence-corrected chi connectivity index (χ1v) is 12.6. The van der Waals surface area contributed by atoms with Crippen LogP contribution >= 0.6 is 0 Å². The van der Waals surface area contributed by atoms with Gasteiger partial charge in [-0.2, -0.15) is 0 Å². The summed E-state index contributed by atoms with van der Waals surface area (Å²) in [6.45, 7) is 2.83. The number of pyridine rings is 1. The number of rotatable bonds is 1. The number of hydrogen-bond acceptors (Lipinski definition) is 7. The predicted octanol–water partition coefficient (Wildman–Crippen LogP) is 3.71. The monoisotopic (exact) mass is 487 g/mol. The molecule has 2 N–H and O–H groups in total. The van der Waals surface area contributed by atoms with Gasteiger partial charge >= 0.3 is 0 Å².